The number of carbonyl (C=O) groups excluding carboxylic acids is 3. The first-order chi connectivity index (χ1) is 19.2. The van der Waals surface area contributed by atoms with Gasteiger partial charge in [-0.3, -0.25) is 14.6 Å². The lowest BCUT2D eigenvalue weighted by molar-refractivity contribution is -0.136. The molecular weight excluding hydrogens is 528 g/mol. The summed E-state index contributed by atoms with van der Waals surface area (Å²) in [5, 5.41) is 4.03. The van der Waals surface area contributed by atoms with E-state index in [1.54, 1.807) is 71.8 Å². The van der Waals surface area contributed by atoms with E-state index < -0.39 is 28.8 Å². The second-order valence-corrected chi connectivity index (χ2v) is 11.2. The number of benzene rings is 1. The van der Waals surface area contributed by atoms with Gasteiger partial charge in [-0.15, -0.1) is 0 Å². The van der Waals surface area contributed by atoms with E-state index in [1.165, 1.54) is 5.01 Å². The van der Waals surface area contributed by atoms with Gasteiger partial charge in [-0.1, -0.05) is 6.07 Å². The molecule has 12 nitrogen and oxygen atoms in total. The molecule has 12 heteroatoms. The zero-order valence-corrected chi connectivity index (χ0v) is 24.6. The fraction of sp³-hybridized carbons (Fsp3) is 0.448. The molecule has 3 amide bonds. The van der Waals surface area contributed by atoms with Crippen LogP contribution in [0.2, 0.25) is 0 Å². The number of amides is 3. The van der Waals surface area contributed by atoms with Crippen LogP contribution < -0.4 is 21.4 Å². The highest BCUT2D eigenvalue weighted by Gasteiger charge is 2.35. The Morgan fingerprint density at radius 1 is 1.05 bits per heavy atom. The molecule has 0 fully saturated rings. The zero-order chi connectivity index (χ0) is 30.4. The number of nitrogens with one attached hydrogen (secondary N) is 2. The van der Waals surface area contributed by atoms with Gasteiger partial charge in [0.1, 0.15) is 11.1 Å². The van der Waals surface area contributed by atoms with E-state index in [4.69, 9.17) is 9.15 Å². The number of pyridine rings is 1. The van der Waals surface area contributed by atoms with Crippen molar-refractivity contribution in [2.24, 2.45) is 0 Å². The van der Waals surface area contributed by atoms with Crippen LogP contribution in [0.4, 0.5) is 10.5 Å². The summed E-state index contributed by atoms with van der Waals surface area (Å²) in [7, 11) is 1.68. The van der Waals surface area contributed by atoms with Gasteiger partial charge in [0.25, 0.3) is 0 Å². The standard InChI is InChI=1S/C29H38N6O6/c1-19-22(12-11-21-24(19)25(37)40-18-32-21)35(23(36)13-16-31-27(39)41-28(2,3)4)33-29(5,6)26(38)34(7)17-14-20-10-8-9-15-30-20/h8-12,15,18,33H,13-14,16-17H2,1-7H3,(H,31,39). The smallest absolute Gasteiger partial charge is 0.407 e. The molecule has 0 aliphatic heterocycles. The maximum absolute atomic E-state index is 13.6. The lowest BCUT2D eigenvalue weighted by atomic mass is 10.0. The Bertz CT molecular complexity index is 1450. The minimum atomic E-state index is -1.24. The topological polar surface area (TPSA) is 147 Å². The first-order valence-electron chi connectivity index (χ1n) is 13.3. The Morgan fingerprint density at radius 3 is 2.44 bits per heavy atom. The summed E-state index contributed by atoms with van der Waals surface area (Å²) in [6, 6.07) is 8.85. The van der Waals surface area contributed by atoms with Crippen molar-refractivity contribution in [2.75, 3.05) is 25.1 Å². The molecule has 0 aliphatic carbocycles. The fourth-order valence-corrected chi connectivity index (χ4v) is 4.17. The second-order valence-electron chi connectivity index (χ2n) is 11.2. The second kappa shape index (κ2) is 12.9. The Kier molecular flexibility index (Phi) is 9.82. The van der Waals surface area contributed by atoms with E-state index in [1.807, 2.05) is 18.2 Å². The van der Waals surface area contributed by atoms with Gasteiger partial charge < -0.3 is 19.4 Å². The van der Waals surface area contributed by atoms with E-state index in [0.717, 1.165) is 12.1 Å². The fourth-order valence-electron chi connectivity index (χ4n) is 4.17. The van der Waals surface area contributed by atoms with Crippen LogP contribution in [-0.2, 0) is 20.7 Å². The number of anilines is 1. The van der Waals surface area contributed by atoms with Crippen molar-refractivity contribution in [1.29, 1.82) is 0 Å². The normalized spacial score (nSPS) is 11.7. The summed E-state index contributed by atoms with van der Waals surface area (Å²) in [6.07, 6.45) is 2.55. The number of likely N-dealkylation sites (N-methyl/N-ethyl adjacent to an activating group) is 1. The van der Waals surface area contributed by atoms with Crippen molar-refractivity contribution in [2.45, 2.75) is 65.5 Å². The molecule has 0 bridgehead atoms. The predicted octanol–water partition coefficient (Wildman–Crippen LogP) is 3.12. The van der Waals surface area contributed by atoms with E-state index in [9.17, 15) is 19.2 Å². The van der Waals surface area contributed by atoms with Crippen molar-refractivity contribution in [3.8, 4) is 0 Å². The Balaban J connectivity index is 1.85. The first-order valence-corrected chi connectivity index (χ1v) is 13.3. The number of nitrogens with zero attached hydrogens (tertiary/aromatic N) is 4. The molecule has 41 heavy (non-hydrogen) atoms. The third-order valence-corrected chi connectivity index (χ3v) is 6.17. The van der Waals surface area contributed by atoms with Crippen LogP contribution in [0.25, 0.3) is 10.9 Å². The van der Waals surface area contributed by atoms with Gasteiger partial charge in [0.15, 0.2) is 6.39 Å². The molecule has 220 valence electrons. The third-order valence-electron chi connectivity index (χ3n) is 6.17. The molecule has 0 saturated heterocycles. The number of carbonyl (C=O) groups is 3. The number of ether oxygens (including phenoxy) is 1. The molecule has 2 aromatic heterocycles. The highest BCUT2D eigenvalue weighted by molar-refractivity contribution is 5.98. The van der Waals surface area contributed by atoms with Crippen LogP contribution in [0.15, 0.2) is 52.1 Å². The predicted molar refractivity (Wildman–Crippen MR) is 154 cm³/mol. The third kappa shape index (κ3) is 8.34. The lowest BCUT2D eigenvalue weighted by Gasteiger charge is -2.36. The number of aryl methyl sites for hydroxylation is 1. The maximum atomic E-state index is 13.6. The number of rotatable bonds is 10. The summed E-state index contributed by atoms with van der Waals surface area (Å²) in [6.45, 7) is 10.6. The maximum Gasteiger partial charge on any atom is 0.407 e. The van der Waals surface area contributed by atoms with Gasteiger partial charge in [-0.05, 0) is 71.4 Å². The van der Waals surface area contributed by atoms with Crippen molar-refractivity contribution in [3.63, 3.8) is 0 Å². The number of hydrazine groups is 1. The van der Waals surface area contributed by atoms with Crippen molar-refractivity contribution in [1.82, 2.24) is 25.6 Å². The molecule has 1 aromatic carbocycles. The number of hydrogen-bond acceptors (Lipinski definition) is 9. The van der Waals surface area contributed by atoms with Gasteiger partial charge in [0.2, 0.25) is 11.8 Å². The SMILES string of the molecule is Cc1c(N(NC(C)(C)C(=O)N(C)CCc2ccccn2)C(=O)CCNC(=O)OC(C)(C)C)ccc2ncoc(=O)c12. The highest BCUT2D eigenvalue weighted by atomic mass is 16.6. The van der Waals surface area contributed by atoms with Gasteiger partial charge in [0, 0.05) is 44.9 Å². The average molecular weight is 567 g/mol. The summed E-state index contributed by atoms with van der Waals surface area (Å²) in [5.74, 6) is -0.716. The van der Waals surface area contributed by atoms with Gasteiger partial charge in [-0.25, -0.2) is 25.0 Å². The van der Waals surface area contributed by atoms with Gasteiger partial charge in [-0.2, -0.15) is 0 Å². The molecule has 3 aromatic rings. The van der Waals surface area contributed by atoms with Crippen LogP contribution in [0, 0.1) is 6.92 Å². The molecule has 0 aliphatic rings. The van der Waals surface area contributed by atoms with Crippen molar-refractivity contribution in [3.05, 3.63) is 64.6 Å². The van der Waals surface area contributed by atoms with Gasteiger partial charge >= 0.3 is 11.7 Å². The number of hydrogen-bond donors (Lipinski definition) is 2. The Labute approximate surface area is 239 Å². The van der Waals surface area contributed by atoms with Crippen LogP contribution in [0.5, 0.6) is 0 Å². The van der Waals surface area contributed by atoms with E-state index >= 15 is 0 Å². The molecule has 0 spiro atoms. The lowest BCUT2D eigenvalue weighted by Crippen LogP contribution is -2.61. The summed E-state index contributed by atoms with van der Waals surface area (Å²) in [5.41, 5.74) is 2.59. The highest BCUT2D eigenvalue weighted by Crippen LogP contribution is 2.26. The van der Waals surface area contributed by atoms with Crippen LogP contribution in [0.3, 0.4) is 0 Å². The van der Waals surface area contributed by atoms with Crippen molar-refractivity contribution >= 4 is 34.5 Å². The average Bonchev–Trinajstić information content (AvgIpc) is 2.90. The molecule has 2 heterocycles. The molecule has 0 saturated carbocycles. The van der Waals surface area contributed by atoms with Crippen LogP contribution in [0.1, 0.15) is 52.3 Å². The summed E-state index contributed by atoms with van der Waals surface area (Å²) < 4.78 is 10.2. The number of fused-ring (bicyclic) bond motifs is 1. The van der Waals surface area contributed by atoms with Crippen molar-refractivity contribution < 1.29 is 23.5 Å². The van der Waals surface area contributed by atoms with Gasteiger partial charge in [0.05, 0.1) is 16.6 Å². The Hall–Kier alpha value is -4.32. The largest absolute Gasteiger partial charge is 0.444 e. The minimum absolute atomic E-state index is 0.0133. The monoisotopic (exact) mass is 566 g/mol. The summed E-state index contributed by atoms with van der Waals surface area (Å²) >= 11 is 0. The van der Waals surface area contributed by atoms with E-state index in [0.29, 0.717) is 29.7 Å². The molecule has 3 rings (SSSR count). The minimum Gasteiger partial charge on any atom is -0.444 e. The summed E-state index contributed by atoms with van der Waals surface area (Å²) in [4.78, 5) is 61.7. The first kappa shape index (κ1) is 31.2. The van der Waals surface area contributed by atoms with Crippen LogP contribution >= 0.6 is 0 Å². The molecule has 0 radical (unpaired) electrons. The van der Waals surface area contributed by atoms with E-state index in [2.05, 4.69) is 20.7 Å². The Morgan fingerprint density at radius 2 is 1.78 bits per heavy atom. The van der Waals surface area contributed by atoms with E-state index in [-0.39, 0.29) is 24.3 Å². The molecular formula is C29H38N6O6. The van der Waals surface area contributed by atoms with Crippen LogP contribution in [-0.4, -0.2) is 64.1 Å². The molecule has 0 unspecified atom stereocenters. The molecule has 2 N–H and O–H groups in total. The number of aromatic nitrogens is 2. The quantitative estimate of drug-likeness (QED) is 0.353. The number of alkyl carbamates (subject to hydrolysis) is 1. The molecule has 0 atom stereocenters. The zero-order valence-electron chi connectivity index (χ0n) is 24.6.